The molecular weight excluding hydrogens is 486 g/mol. The lowest BCUT2D eigenvalue weighted by Gasteiger charge is -2.14. The van der Waals surface area contributed by atoms with Gasteiger partial charge >= 0.3 is 0 Å². The molecule has 6 nitrogen and oxygen atoms in total. The molecule has 0 N–H and O–H groups in total. The summed E-state index contributed by atoms with van der Waals surface area (Å²) in [5.74, 6) is 1.16. The first kappa shape index (κ1) is 24.7. The van der Waals surface area contributed by atoms with E-state index in [4.69, 9.17) is 25.8 Å². The molecule has 0 spiro atoms. The van der Waals surface area contributed by atoms with Gasteiger partial charge in [0.15, 0.2) is 11.5 Å². The number of para-hydroxylation sites is 1. The maximum absolute atomic E-state index is 12.8. The maximum atomic E-state index is 12.8. The van der Waals surface area contributed by atoms with Gasteiger partial charge in [0.05, 0.1) is 23.6 Å². The third-order valence-corrected chi connectivity index (χ3v) is 6.44. The van der Waals surface area contributed by atoms with E-state index in [2.05, 4.69) is 0 Å². The van der Waals surface area contributed by atoms with Crippen molar-refractivity contribution in [3.8, 4) is 17.2 Å². The zero-order chi connectivity index (χ0) is 24.8. The van der Waals surface area contributed by atoms with Gasteiger partial charge in [-0.15, -0.1) is 0 Å². The Balaban J connectivity index is 1.44. The number of aryl methyl sites for hydroxylation is 1. The molecule has 1 heterocycles. The molecule has 1 saturated heterocycles. The molecule has 8 heteroatoms. The third-order valence-electron chi connectivity index (χ3n) is 5.25. The number of amides is 2. The van der Waals surface area contributed by atoms with E-state index in [0.717, 1.165) is 17.3 Å². The number of hydrogen-bond acceptors (Lipinski definition) is 6. The molecule has 0 unspecified atom stereocenters. The number of ether oxygens (including phenoxy) is 3. The van der Waals surface area contributed by atoms with E-state index >= 15 is 0 Å². The van der Waals surface area contributed by atoms with Crippen molar-refractivity contribution in [3.63, 3.8) is 0 Å². The maximum Gasteiger partial charge on any atom is 0.293 e. The summed E-state index contributed by atoms with van der Waals surface area (Å²) in [5, 5.41) is 0.00669. The molecule has 35 heavy (non-hydrogen) atoms. The molecule has 0 bridgehead atoms. The van der Waals surface area contributed by atoms with Gasteiger partial charge in [0, 0.05) is 0 Å². The molecule has 0 radical (unpaired) electrons. The van der Waals surface area contributed by atoms with E-state index < -0.39 is 0 Å². The fourth-order valence-electron chi connectivity index (χ4n) is 3.42. The zero-order valence-electron chi connectivity index (χ0n) is 19.3. The number of halogens is 1. The minimum Gasteiger partial charge on any atom is -0.493 e. The van der Waals surface area contributed by atoms with Gasteiger partial charge in [-0.3, -0.25) is 14.5 Å². The summed E-state index contributed by atoms with van der Waals surface area (Å²) in [6.45, 7) is 2.73. The van der Waals surface area contributed by atoms with Gasteiger partial charge in [-0.05, 0) is 60.2 Å². The Hall–Kier alpha value is -3.42. The monoisotopic (exact) mass is 509 g/mol. The van der Waals surface area contributed by atoms with E-state index in [-0.39, 0.29) is 24.3 Å². The Bertz CT molecular complexity index is 1240. The highest BCUT2D eigenvalue weighted by Gasteiger charge is 2.35. The summed E-state index contributed by atoms with van der Waals surface area (Å²) in [6, 6.07) is 20.7. The quantitative estimate of drug-likeness (QED) is 0.313. The molecule has 0 aromatic heterocycles. The van der Waals surface area contributed by atoms with Crippen molar-refractivity contribution in [1.29, 1.82) is 0 Å². The van der Waals surface area contributed by atoms with Gasteiger partial charge in [0.1, 0.15) is 19.0 Å². The second-order valence-electron chi connectivity index (χ2n) is 7.80. The highest BCUT2D eigenvalue weighted by Crippen LogP contribution is 2.39. The Labute approximate surface area is 213 Å². The normalized spacial score (nSPS) is 14.5. The lowest BCUT2D eigenvalue weighted by atomic mass is 10.1. The first-order valence-corrected chi connectivity index (χ1v) is 12.1. The van der Waals surface area contributed by atoms with Crippen LogP contribution >= 0.6 is 23.4 Å². The van der Waals surface area contributed by atoms with Crippen LogP contribution in [0.3, 0.4) is 0 Å². The number of thioether (sulfide) groups is 1. The Morgan fingerprint density at radius 1 is 1.00 bits per heavy atom. The summed E-state index contributed by atoms with van der Waals surface area (Å²) < 4.78 is 17.0. The first-order chi connectivity index (χ1) is 16.9. The molecule has 2 amide bonds. The fourth-order valence-corrected chi connectivity index (χ4v) is 4.56. The van der Waals surface area contributed by atoms with Crippen molar-refractivity contribution in [3.05, 3.63) is 93.3 Å². The van der Waals surface area contributed by atoms with Crippen molar-refractivity contribution in [2.75, 3.05) is 20.3 Å². The Morgan fingerprint density at radius 3 is 2.46 bits per heavy atom. The van der Waals surface area contributed by atoms with Crippen molar-refractivity contribution in [1.82, 2.24) is 4.90 Å². The van der Waals surface area contributed by atoms with Crippen molar-refractivity contribution < 1.29 is 23.8 Å². The van der Waals surface area contributed by atoms with Crippen LogP contribution < -0.4 is 14.2 Å². The van der Waals surface area contributed by atoms with Crippen molar-refractivity contribution in [2.24, 2.45) is 0 Å². The van der Waals surface area contributed by atoms with Gasteiger partial charge in [-0.25, -0.2) is 0 Å². The molecule has 1 aliphatic rings. The lowest BCUT2D eigenvalue weighted by molar-refractivity contribution is -0.123. The number of hydrogen-bond donors (Lipinski definition) is 0. The van der Waals surface area contributed by atoms with Crippen molar-refractivity contribution >= 4 is 40.6 Å². The number of nitrogens with zero attached hydrogens (tertiary/aromatic N) is 1. The molecule has 1 aliphatic heterocycles. The van der Waals surface area contributed by atoms with E-state index in [1.807, 2.05) is 61.5 Å². The van der Waals surface area contributed by atoms with E-state index in [1.165, 1.54) is 17.6 Å². The average molecular weight is 510 g/mol. The van der Waals surface area contributed by atoms with Gasteiger partial charge in [0.2, 0.25) is 0 Å². The summed E-state index contributed by atoms with van der Waals surface area (Å²) in [5.41, 5.74) is 2.80. The van der Waals surface area contributed by atoms with E-state index in [9.17, 15) is 9.59 Å². The first-order valence-electron chi connectivity index (χ1n) is 10.9. The molecular formula is C27H24ClNO5S. The predicted molar refractivity (Wildman–Crippen MR) is 138 cm³/mol. The minimum absolute atomic E-state index is 0.159. The van der Waals surface area contributed by atoms with Gasteiger partial charge in [-0.2, -0.15) is 0 Å². The molecule has 0 atom stereocenters. The zero-order valence-corrected chi connectivity index (χ0v) is 20.9. The number of benzene rings is 3. The topological polar surface area (TPSA) is 65.1 Å². The molecule has 3 aromatic carbocycles. The standard InChI is InChI=1S/C27H24ClNO5S/c1-18-8-10-19(11-9-18)17-34-25-22(28)14-20(15-23(25)32-2)16-24-26(30)29(27(31)35-24)12-13-33-21-6-4-3-5-7-21/h3-11,14-16H,12-13,17H2,1-2H3/b24-16-. The molecule has 0 saturated carbocycles. The molecule has 1 fully saturated rings. The predicted octanol–water partition coefficient (Wildman–Crippen LogP) is 6.35. The van der Waals surface area contributed by atoms with Crippen LogP contribution in [0.5, 0.6) is 17.2 Å². The second-order valence-corrected chi connectivity index (χ2v) is 9.20. The fraction of sp³-hybridized carbons (Fsp3) is 0.185. The van der Waals surface area contributed by atoms with E-state index in [0.29, 0.717) is 39.3 Å². The number of imide groups is 1. The largest absolute Gasteiger partial charge is 0.493 e. The smallest absolute Gasteiger partial charge is 0.293 e. The number of methoxy groups -OCH3 is 1. The molecule has 0 aliphatic carbocycles. The van der Waals surface area contributed by atoms with Crippen LogP contribution in [0.4, 0.5) is 4.79 Å². The highest BCUT2D eigenvalue weighted by atomic mass is 35.5. The molecule has 180 valence electrons. The summed E-state index contributed by atoms with van der Waals surface area (Å²) in [4.78, 5) is 26.7. The van der Waals surface area contributed by atoms with Crippen molar-refractivity contribution in [2.45, 2.75) is 13.5 Å². The molecule has 4 rings (SSSR count). The number of carbonyl (C=O) groups is 2. The van der Waals surface area contributed by atoms with Gasteiger partial charge < -0.3 is 14.2 Å². The van der Waals surface area contributed by atoms with Crippen LogP contribution in [0.1, 0.15) is 16.7 Å². The van der Waals surface area contributed by atoms with Crippen LogP contribution in [0, 0.1) is 6.92 Å². The van der Waals surface area contributed by atoms with Crippen LogP contribution in [0.25, 0.3) is 6.08 Å². The van der Waals surface area contributed by atoms with Crippen LogP contribution in [-0.4, -0.2) is 36.3 Å². The summed E-state index contributed by atoms with van der Waals surface area (Å²) >= 11 is 7.37. The lowest BCUT2D eigenvalue weighted by Crippen LogP contribution is -2.32. The van der Waals surface area contributed by atoms with Crippen LogP contribution in [0.15, 0.2) is 71.6 Å². The number of carbonyl (C=O) groups excluding carboxylic acids is 2. The minimum atomic E-state index is -0.369. The SMILES string of the molecule is COc1cc(/C=C2\SC(=O)N(CCOc3ccccc3)C2=O)cc(Cl)c1OCc1ccc(C)cc1. The highest BCUT2D eigenvalue weighted by molar-refractivity contribution is 8.18. The van der Waals surface area contributed by atoms with Gasteiger partial charge in [0.25, 0.3) is 11.1 Å². The average Bonchev–Trinajstić information content (AvgIpc) is 3.12. The third kappa shape index (κ3) is 6.18. The van der Waals surface area contributed by atoms with Gasteiger partial charge in [-0.1, -0.05) is 59.6 Å². The van der Waals surface area contributed by atoms with Crippen LogP contribution in [0.2, 0.25) is 5.02 Å². The summed E-state index contributed by atoms with van der Waals surface area (Å²) in [7, 11) is 1.52. The Kier molecular flexibility index (Phi) is 8.00. The second kappa shape index (κ2) is 11.3. The molecule has 3 aromatic rings. The Morgan fingerprint density at radius 2 is 1.74 bits per heavy atom. The van der Waals surface area contributed by atoms with Crippen LogP contribution in [-0.2, 0) is 11.4 Å². The summed E-state index contributed by atoms with van der Waals surface area (Å²) in [6.07, 6.45) is 1.63. The number of rotatable bonds is 9. The van der Waals surface area contributed by atoms with E-state index in [1.54, 1.807) is 18.2 Å².